The van der Waals surface area contributed by atoms with Crippen LogP contribution in [0.3, 0.4) is 0 Å². The first-order valence-corrected chi connectivity index (χ1v) is 8.26. The second kappa shape index (κ2) is 9.90. The monoisotopic (exact) mass is 415 g/mol. The van der Waals surface area contributed by atoms with E-state index in [2.05, 4.69) is 5.32 Å². The molecule has 1 atom stereocenters. The summed E-state index contributed by atoms with van der Waals surface area (Å²) in [5, 5.41) is 2.74. The van der Waals surface area contributed by atoms with Crippen LogP contribution in [0.25, 0.3) is 0 Å². The summed E-state index contributed by atoms with van der Waals surface area (Å²) in [4.78, 5) is 14.7. The number of rotatable bonds is 4. The fourth-order valence-electron chi connectivity index (χ4n) is 2.83. The Hall–Kier alpha value is -1.86. The van der Waals surface area contributed by atoms with Crippen molar-refractivity contribution in [3.05, 3.63) is 59.9 Å². The number of nitrogens with zero attached hydrogens (tertiary/aromatic N) is 1. The SMILES string of the molecule is CC(N)(C(=O)Nc1cc(F)cc(N2CCOCC2)c1)c1ccccc1.Cl.Cl. The van der Waals surface area contributed by atoms with Gasteiger partial charge in [-0.1, -0.05) is 30.3 Å². The Bertz CT molecular complexity index is 754. The molecule has 1 unspecified atom stereocenters. The molecule has 0 radical (unpaired) electrons. The molecule has 27 heavy (non-hydrogen) atoms. The Labute approximate surface area is 170 Å². The maximum atomic E-state index is 14.0. The van der Waals surface area contributed by atoms with Gasteiger partial charge in [0, 0.05) is 24.5 Å². The van der Waals surface area contributed by atoms with E-state index in [1.165, 1.54) is 12.1 Å². The van der Waals surface area contributed by atoms with Gasteiger partial charge in [0.1, 0.15) is 11.4 Å². The van der Waals surface area contributed by atoms with E-state index in [-0.39, 0.29) is 24.8 Å². The van der Waals surface area contributed by atoms with Gasteiger partial charge in [-0.25, -0.2) is 4.39 Å². The average Bonchev–Trinajstić information content (AvgIpc) is 2.62. The Kier molecular flexibility index (Phi) is 8.50. The van der Waals surface area contributed by atoms with Gasteiger partial charge in [0.25, 0.3) is 0 Å². The first-order chi connectivity index (χ1) is 12.0. The number of anilines is 2. The molecule has 2 aromatic rings. The smallest absolute Gasteiger partial charge is 0.248 e. The Balaban J connectivity index is 0.00000182. The lowest BCUT2D eigenvalue weighted by molar-refractivity contribution is -0.120. The summed E-state index contributed by atoms with van der Waals surface area (Å²) in [6.45, 7) is 4.23. The van der Waals surface area contributed by atoms with Crippen molar-refractivity contribution in [1.82, 2.24) is 0 Å². The van der Waals surface area contributed by atoms with Crippen LogP contribution in [0.5, 0.6) is 0 Å². The van der Waals surface area contributed by atoms with E-state index >= 15 is 0 Å². The largest absolute Gasteiger partial charge is 0.378 e. The van der Waals surface area contributed by atoms with E-state index in [9.17, 15) is 9.18 Å². The lowest BCUT2D eigenvalue weighted by atomic mass is 9.92. The first kappa shape index (κ1) is 23.2. The van der Waals surface area contributed by atoms with E-state index in [0.29, 0.717) is 37.6 Å². The highest BCUT2D eigenvalue weighted by Gasteiger charge is 2.30. The summed E-state index contributed by atoms with van der Waals surface area (Å²) in [6, 6.07) is 13.6. The Morgan fingerprint density at radius 2 is 1.78 bits per heavy atom. The van der Waals surface area contributed by atoms with Gasteiger partial charge in [-0.2, -0.15) is 0 Å². The minimum atomic E-state index is -1.22. The van der Waals surface area contributed by atoms with Gasteiger partial charge >= 0.3 is 0 Å². The number of carbonyl (C=O) groups excluding carboxylic acids is 1. The molecular weight excluding hydrogens is 392 g/mol. The molecule has 0 aromatic heterocycles. The highest BCUT2D eigenvalue weighted by molar-refractivity contribution is 5.98. The molecule has 1 heterocycles. The zero-order valence-corrected chi connectivity index (χ0v) is 16.6. The number of benzene rings is 2. The van der Waals surface area contributed by atoms with E-state index < -0.39 is 17.3 Å². The van der Waals surface area contributed by atoms with Crippen LogP contribution in [0.4, 0.5) is 15.8 Å². The number of amides is 1. The molecule has 1 aliphatic rings. The molecule has 0 saturated carbocycles. The van der Waals surface area contributed by atoms with Crippen LogP contribution in [-0.4, -0.2) is 32.2 Å². The molecule has 5 nitrogen and oxygen atoms in total. The van der Waals surface area contributed by atoms with Gasteiger partial charge in [-0.05, 0) is 30.7 Å². The molecule has 0 spiro atoms. The average molecular weight is 416 g/mol. The summed E-state index contributed by atoms with van der Waals surface area (Å²) in [6.07, 6.45) is 0. The molecule has 1 amide bonds. The number of hydrogen-bond acceptors (Lipinski definition) is 4. The molecule has 2 aromatic carbocycles. The van der Waals surface area contributed by atoms with Gasteiger partial charge in [0.15, 0.2) is 0 Å². The Morgan fingerprint density at radius 1 is 1.15 bits per heavy atom. The summed E-state index contributed by atoms with van der Waals surface area (Å²) >= 11 is 0. The highest BCUT2D eigenvalue weighted by Crippen LogP contribution is 2.25. The van der Waals surface area contributed by atoms with Crippen molar-refractivity contribution in [3.63, 3.8) is 0 Å². The lowest BCUT2D eigenvalue weighted by Gasteiger charge is -2.29. The number of nitrogens with one attached hydrogen (secondary N) is 1. The number of morpholine rings is 1. The molecule has 148 valence electrons. The van der Waals surface area contributed by atoms with E-state index in [4.69, 9.17) is 10.5 Å². The van der Waals surface area contributed by atoms with Crippen molar-refractivity contribution in [2.45, 2.75) is 12.5 Å². The molecular formula is C19H24Cl2FN3O2. The van der Waals surface area contributed by atoms with E-state index in [0.717, 1.165) is 5.69 Å². The molecule has 3 N–H and O–H groups in total. The van der Waals surface area contributed by atoms with Gasteiger partial charge in [-0.15, -0.1) is 24.8 Å². The van der Waals surface area contributed by atoms with Gasteiger partial charge in [0.2, 0.25) is 5.91 Å². The third-order valence-electron chi connectivity index (χ3n) is 4.36. The van der Waals surface area contributed by atoms with Crippen molar-refractivity contribution in [2.75, 3.05) is 36.5 Å². The third-order valence-corrected chi connectivity index (χ3v) is 4.36. The van der Waals surface area contributed by atoms with Gasteiger partial charge in [-0.3, -0.25) is 4.79 Å². The molecule has 0 aliphatic carbocycles. The summed E-state index contributed by atoms with van der Waals surface area (Å²) in [5.74, 6) is -0.796. The molecule has 8 heteroatoms. The highest BCUT2D eigenvalue weighted by atomic mass is 35.5. The normalized spacial score (nSPS) is 15.7. The summed E-state index contributed by atoms with van der Waals surface area (Å²) in [5.41, 5.74) is 6.80. The Morgan fingerprint density at radius 3 is 2.41 bits per heavy atom. The van der Waals surface area contributed by atoms with Crippen LogP contribution in [0.15, 0.2) is 48.5 Å². The topological polar surface area (TPSA) is 67.6 Å². The fraction of sp³-hybridized carbons (Fsp3) is 0.316. The number of ether oxygens (including phenoxy) is 1. The molecule has 3 rings (SSSR count). The van der Waals surface area contributed by atoms with Crippen LogP contribution in [-0.2, 0) is 15.1 Å². The number of carbonyl (C=O) groups is 1. The van der Waals surface area contributed by atoms with Crippen molar-refractivity contribution >= 4 is 42.1 Å². The number of nitrogens with two attached hydrogens (primary N) is 1. The summed E-state index contributed by atoms with van der Waals surface area (Å²) < 4.78 is 19.3. The molecule has 1 saturated heterocycles. The maximum absolute atomic E-state index is 14.0. The van der Waals surface area contributed by atoms with Crippen molar-refractivity contribution in [1.29, 1.82) is 0 Å². The van der Waals surface area contributed by atoms with Crippen LogP contribution in [0.1, 0.15) is 12.5 Å². The van der Waals surface area contributed by atoms with E-state index in [1.54, 1.807) is 25.1 Å². The molecule has 0 bridgehead atoms. The predicted molar refractivity (Wildman–Crippen MR) is 111 cm³/mol. The fourth-order valence-corrected chi connectivity index (χ4v) is 2.83. The zero-order valence-electron chi connectivity index (χ0n) is 15.0. The van der Waals surface area contributed by atoms with Crippen LogP contribution >= 0.6 is 24.8 Å². The van der Waals surface area contributed by atoms with Gasteiger partial charge in [0.05, 0.1) is 13.2 Å². The molecule has 1 fully saturated rings. The van der Waals surface area contributed by atoms with Crippen LogP contribution in [0.2, 0.25) is 0 Å². The number of halogens is 3. The minimum Gasteiger partial charge on any atom is -0.378 e. The predicted octanol–water partition coefficient (Wildman–Crippen LogP) is 3.32. The zero-order chi connectivity index (χ0) is 17.9. The van der Waals surface area contributed by atoms with Gasteiger partial charge < -0.3 is 20.7 Å². The lowest BCUT2D eigenvalue weighted by Crippen LogP contribution is -2.45. The minimum absolute atomic E-state index is 0. The third kappa shape index (κ3) is 5.56. The van der Waals surface area contributed by atoms with Crippen molar-refractivity contribution in [3.8, 4) is 0 Å². The summed E-state index contributed by atoms with van der Waals surface area (Å²) in [7, 11) is 0. The van der Waals surface area contributed by atoms with Crippen molar-refractivity contribution < 1.29 is 13.9 Å². The number of hydrogen-bond donors (Lipinski definition) is 2. The van der Waals surface area contributed by atoms with Crippen LogP contribution < -0.4 is 16.0 Å². The molecule has 1 aliphatic heterocycles. The van der Waals surface area contributed by atoms with Crippen LogP contribution in [0, 0.1) is 5.82 Å². The van der Waals surface area contributed by atoms with Crippen molar-refractivity contribution in [2.24, 2.45) is 5.73 Å². The second-order valence-electron chi connectivity index (χ2n) is 6.32. The second-order valence-corrected chi connectivity index (χ2v) is 6.32. The first-order valence-electron chi connectivity index (χ1n) is 8.26. The quantitative estimate of drug-likeness (QED) is 0.803. The standard InChI is InChI=1S/C19H22FN3O2.2ClH/c1-19(21,14-5-3-2-4-6-14)18(24)22-16-11-15(20)12-17(13-16)23-7-9-25-10-8-23;;/h2-6,11-13H,7-10,21H2,1H3,(H,22,24);2*1H. The maximum Gasteiger partial charge on any atom is 0.248 e. The van der Waals surface area contributed by atoms with E-state index in [1.807, 2.05) is 23.1 Å².